The number of carbonyl (C=O) groups is 1. The predicted octanol–water partition coefficient (Wildman–Crippen LogP) is 2.09. The Balaban J connectivity index is 2.90. The van der Waals surface area contributed by atoms with Crippen molar-refractivity contribution in [1.29, 1.82) is 0 Å². The van der Waals surface area contributed by atoms with Gasteiger partial charge < -0.3 is 10.5 Å². The maximum absolute atomic E-state index is 11.4. The van der Waals surface area contributed by atoms with E-state index < -0.39 is 0 Å². The zero-order chi connectivity index (χ0) is 12.2. The Morgan fingerprint density at radius 3 is 2.69 bits per heavy atom. The van der Waals surface area contributed by atoms with Crippen LogP contribution in [0.1, 0.15) is 30.0 Å². The summed E-state index contributed by atoms with van der Waals surface area (Å²) in [7, 11) is 1.41. The van der Waals surface area contributed by atoms with E-state index in [1.807, 2.05) is 6.92 Å². The topological polar surface area (TPSA) is 52.3 Å². The maximum atomic E-state index is 11.4. The number of methoxy groups -OCH3 is 1. The first-order chi connectivity index (χ1) is 7.55. The van der Waals surface area contributed by atoms with Crippen molar-refractivity contribution in [3.05, 3.63) is 21.9 Å². The summed E-state index contributed by atoms with van der Waals surface area (Å²) in [6, 6.07) is 4.17. The summed E-state index contributed by atoms with van der Waals surface area (Å²) >= 11 is 1.73. The molecule has 1 aromatic heterocycles. The largest absolute Gasteiger partial charge is 0.469 e. The number of hydrogen-bond donors (Lipinski definition) is 1. The number of rotatable bonds is 5. The number of thiophene rings is 1. The summed E-state index contributed by atoms with van der Waals surface area (Å²) in [4.78, 5) is 13.8. The highest BCUT2D eigenvalue weighted by Crippen LogP contribution is 2.33. The van der Waals surface area contributed by atoms with Crippen molar-refractivity contribution in [3.63, 3.8) is 0 Å². The van der Waals surface area contributed by atoms with E-state index in [-0.39, 0.29) is 11.4 Å². The third-order valence-electron chi connectivity index (χ3n) is 2.82. The predicted molar refractivity (Wildman–Crippen MR) is 66.7 cm³/mol. The molecule has 2 N–H and O–H groups in total. The number of esters is 1. The van der Waals surface area contributed by atoms with Gasteiger partial charge in [-0.3, -0.25) is 4.79 Å². The Labute approximate surface area is 101 Å². The molecule has 4 heteroatoms. The molecule has 0 amide bonds. The molecule has 0 radical (unpaired) electrons. The second-order valence-corrected chi connectivity index (χ2v) is 5.31. The van der Waals surface area contributed by atoms with Crippen LogP contribution in [0.5, 0.6) is 0 Å². The third-order valence-corrected chi connectivity index (χ3v) is 4.35. The van der Waals surface area contributed by atoms with Gasteiger partial charge in [-0.25, -0.2) is 0 Å². The average molecular weight is 241 g/mol. The summed E-state index contributed by atoms with van der Waals surface area (Å²) in [6.45, 7) is 4.58. The summed E-state index contributed by atoms with van der Waals surface area (Å²) < 4.78 is 4.71. The molecule has 0 aliphatic rings. The molecule has 0 aliphatic carbocycles. The van der Waals surface area contributed by atoms with Crippen LogP contribution in [0, 0.1) is 0 Å². The van der Waals surface area contributed by atoms with Crippen molar-refractivity contribution < 1.29 is 9.53 Å². The fourth-order valence-corrected chi connectivity index (χ4v) is 2.64. The fourth-order valence-electron chi connectivity index (χ4n) is 1.54. The molecule has 16 heavy (non-hydrogen) atoms. The number of aryl methyl sites for hydroxylation is 1. The van der Waals surface area contributed by atoms with Gasteiger partial charge in [-0.1, -0.05) is 13.8 Å². The lowest BCUT2D eigenvalue weighted by Gasteiger charge is -2.25. The number of hydrogen-bond acceptors (Lipinski definition) is 4. The highest BCUT2D eigenvalue weighted by molar-refractivity contribution is 7.12. The molecule has 1 atom stereocenters. The second-order valence-electron chi connectivity index (χ2n) is 4.14. The van der Waals surface area contributed by atoms with E-state index in [4.69, 9.17) is 10.5 Å². The molecule has 1 rings (SSSR count). The maximum Gasteiger partial charge on any atom is 0.306 e. The van der Waals surface area contributed by atoms with Gasteiger partial charge in [0, 0.05) is 21.7 Å². The molecule has 0 fully saturated rings. The minimum atomic E-state index is -0.300. The second kappa shape index (κ2) is 5.46. The number of carbonyl (C=O) groups excluding carboxylic acids is 1. The van der Waals surface area contributed by atoms with Crippen LogP contribution < -0.4 is 5.73 Å². The van der Waals surface area contributed by atoms with E-state index in [0.717, 1.165) is 11.3 Å². The minimum Gasteiger partial charge on any atom is -0.469 e. The summed E-state index contributed by atoms with van der Waals surface area (Å²) in [5.74, 6) is -0.209. The monoisotopic (exact) mass is 241 g/mol. The van der Waals surface area contributed by atoms with Crippen LogP contribution in [-0.2, 0) is 21.4 Å². The van der Waals surface area contributed by atoms with Crippen molar-refractivity contribution in [2.75, 3.05) is 13.7 Å². The SMILES string of the molecule is CCc1ccc(C(C)(CN)CC(=O)OC)s1. The van der Waals surface area contributed by atoms with Crippen LogP contribution in [0.15, 0.2) is 12.1 Å². The number of nitrogens with two attached hydrogens (primary N) is 1. The normalized spacial score (nSPS) is 14.5. The molecule has 0 bridgehead atoms. The van der Waals surface area contributed by atoms with Crippen LogP contribution in [0.25, 0.3) is 0 Å². The van der Waals surface area contributed by atoms with E-state index in [1.54, 1.807) is 11.3 Å². The van der Waals surface area contributed by atoms with E-state index in [1.165, 1.54) is 12.0 Å². The van der Waals surface area contributed by atoms with Crippen LogP contribution in [0.3, 0.4) is 0 Å². The minimum absolute atomic E-state index is 0.209. The molecule has 1 unspecified atom stereocenters. The Hall–Kier alpha value is -0.870. The van der Waals surface area contributed by atoms with Crippen LogP contribution in [0.2, 0.25) is 0 Å². The van der Waals surface area contributed by atoms with Crippen molar-refractivity contribution >= 4 is 17.3 Å². The third kappa shape index (κ3) is 2.83. The molecule has 1 heterocycles. The van der Waals surface area contributed by atoms with Crippen molar-refractivity contribution in [1.82, 2.24) is 0 Å². The van der Waals surface area contributed by atoms with Gasteiger partial charge in [0.15, 0.2) is 0 Å². The molecular weight excluding hydrogens is 222 g/mol. The zero-order valence-electron chi connectivity index (χ0n) is 10.1. The first kappa shape index (κ1) is 13.2. The lowest BCUT2D eigenvalue weighted by Crippen LogP contribution is -2.33. The lowest BCUT2D eigenvalue weighted by molar-refractivity contribution is -0.141. The van der Waals surface area contributed by atoms with Crippen LogP contribution in [0.4, 0.5) is 0 Å². The first-order valence-electron chi connectivity index (χ1n) is 5.41. The number of ether oxygens (including phenoxy) is 1. The molecular formula is C12H19NO2S. The molecule has 1 aromatic rings. The molecule has 0 saturated heterocycles. The summed E-state index contributed by atoms with van der Waals surface area (Å²) in [5, 5.41) is 0. The van der Waals surface area contributed by atoms with Gasteiger partial charge in [0.25, 0.3) is 0 Å². The Bertz CT molecular complexity index is 362. The van der Waals surface area contributed by atoms with Crippen molar-refractivity contribution in [2.45, 2.75) is 32.1 Å². The standard InChI is InChI=1S/C12H19NO2S/c1-4-9-5-6-10(16-9)12(2,8-13)7-11(14)15-3/h5-6H,4,7-8,13H2,1-3H3. The molecule has 0 aromatic carbocycles. The highest BCUT2D eigenvalue weighted by atomic mass is 32.1. The molecule has 0 aliphatic heterocycles. The first-order valence-corrected chi connectivity index (χ1v) is 6.23. The van der Waals surface area contributed by atoms with E-state index in [0.29, 0.717) is 13.0 Å². The summed E-state index contributed by atoms with van der Waals surface area (Å²) in [6.07, 6.45) is 1.35. The van der Waals surface area contributed by atoms with E-state index in [9.17, 15) is 4.79 Å². The highest BCUT2D eigenvalue weighted by Gasteiger charge is 2.30. The quantitative estimate of drug-likeness (QED) is 0.803. The van der Waals surface area contributed by atoms with Crippen LogP contribution in [-0.4, -0.2) is 19.6 Å². The van der Waals surface area contributed by atoms with Gasteiger partial charge in [0.2, 0.25) is 0 Å². The molecule has 3 nitrogen and oxygen atoms in total. The zero-order valence-corrected chi connectivity index (χ0v) is 10.9. The molecule has 90 valence electrons. The van der Waals surface area contributed by atoms with Gasteiger partial charge >= 0.3 is 5.97 Å². The summed E-state index contributed by atoms with van der Waals surface area (Å²) in [5.41, 5.74) is 5.49. The van der Waals surface area contributed by atoms with Crippen molar-refractivity contribution in [3.8, 4) is 0 Å². The Morgan fingerprint density at radius 1 is 1.56 bits per heavy atom. The van der Waals surface area contributed by atoms with E-state index >= 15 is 0 Å². The van der Waals surface area contributed by atoms with E-state index in [2.05, 4.69) is 19.1 Å². The van der Waals surface area contributed by atoms with Crippen LogP contribution >= 0.6 is 11.3 Å². The lowest BCUT2D eigenvalue weighted by atomic mass is 9.85. The van der Waals surface area contributed by atoms with Gasteiger partial charge in [-0.2, -0.15) is 0 Å². The van der Waals surface area contributed by atoms with Crippen molar-refractivity contribution in [2.24, 2.45) is 5.73 Å². The molecule has 0 spiro atoms. The van der Waals surface area contributed by atoms with Gasteiger partial charge in [-0.15, -0.1) is 11.3 Å². The smallest absolute Gasteiger partial charge is 0.306 e. The fraction of sp³-hybridized carbons (Fsp3) is 0.583. The Morgan fingerprint density at radius 2 is 2.25 bits per heavy atom. The van der Waals surface area contributed by atoms with Gasteiger partial charge in [0.05, 0.1) is 13.5 Å². The van der Waals surface area contributed by atoms with Gasteiger partial charge in [-0.05, 0) is 18.6 Å². The van der Waals surface area contributed by atoms with Gasteiger partial charge in [0.1, 0.15) is 0 Å². The Kier molecular flexibility index (Phi) is 4.50. The molecule has 0 saturated carbocycles. The average Bonchev–Trinajstić information content (AvgIpc) is 2.77.